The van der Waals surface area contributed by atoms with Crippen molar-refractivity contribution in [1.29, 1.82) is 0 Å². The summed E-state index contributed by atoms with van der Waals surface area (Å²) < 4.78 is 11.9. The van der Waals surface area contributed by atoms with E-state index in [0.717, 1.165) is 12.8 Å². The number of aliphatic hydroxyl groups excluding tert-OH is 1. The van der Waals surface area contributed by atoms with Gasteiger partial charge in [0.15, 0.2) is 0 Å². The van der Waals surface area contributed by atoms with Crippen LogP contribution in [0.15, 0.2) is 30.3 Å². The molecule has 0 saturated carbocycles. The van der Waals surface area contributed by atoms with Gasteiger partial charge in [-0.3, -0.25) is 19.2 Å². The molecule has 1 aromatic carbocycles. The number of likely N-dealkylation sites (N-methyl/N-ethyl adjacent to an activating group) is 2. The van der Waals surface area contributed by atoms with Crippen LogP contribution in [0.25, 0.3) is 0 Å². The predicted molar refractivity (Wildman–Crippen MR) is 195 cm³/mol. The van der Waals surface area contributed by atoms with Crippen LogP contribution in [0.1, 0.15) is 85.8 Å². The number of likely N-dealkylation sites (tertiary alicyclic amines) is 1. The number of hydrogen-bond donors (Lipinski definition) is 4. The first-order chi connectivity index (χ1) is 23.6. The maximum absolute atomic E-state index is 14.1. The van der Waals surface area contributed by atoms with E-state index in [4.69, 9.17) is 9.47 Å². The summed E-state index contributed by atoms with van der Waals surface area (Å²) in [5.74, 6) is -1.60. The second-order valence-corrected chi connectivity index (χ2v) is 14.5. The fraction of sp³-hybridized carbons (Fsp3) is 0.737. The molecular weight excluding hydrogens is 638 g/mol. The Kier molecular flexibility index (Phi) is 17.9. The van der Waals surface area contributed by atoms with E-state index >= 15 is 0 Å². The number of ether oxygens (including phenoxy) is 2. The summed E-state index contributed by atoms with van der Waals surface area (Å²) in [7, 11) is 6.57. The van der Waals surface area contributed by atoms with Crippen LogP contribution in [-0.2, 0) is 28.7 Å². The van der Waals surface area contributed by atoms with Gasteiger partial charge in [0.2, 0.25) is 23.6 Å². The van der Waals surface area contributed by atoms with Gasteiger partial charge in [-0.2, -0.15) is 0 Å². The molecule has 1 heterocycles. The normalized spacial score (nSPS) is 19.6. The van der Waals surface area contributed by atoms with Gasteiger partial charge in [-0.25, -0.2) is 0 Å². The molecule has 0 spiro atoms. The zero-order chi connectivity index (χ0) is 37.7. The van der Waals surface area contributed by atoms with Gasteiger partial charge in [0.05, 0.1) is 48.8 Å². The lowest BCUT2D eigenvalue weighted by Gasteiger charge is -2.41. The van der Waals surface area contributed by atoms with Crippen molar-refractivity contribution in [3.05, 3.63) is 35.9 Å². The molecule has 9 atom stereocenters. The third kappa shape index (κ3) is 11.2. The average Bonchev–Trinajstić information content (AvgIpc) is 3.58. The molecule has 1 aliphatic rings. The Morgan fingerprint density at radius 1 is 0.960 bits per heavy atom. The molecule has 12 nitrogen and oxygen atoms in total. The van der Waals surface area contributed by atoms with E-state index in [2.05, 4.69) is 16.0 Å². The smallest absolute Gasteiger partial charge is 0.245 e. The number of methoxy groups -OCH3 is 2. The molecule has 4 amide bonds. The summed E-state index contributed by atoms with van der Waals surface area (Å²) in [5.41, 5.74) is 0.713. The monoisotopic (exact) mass is 703 g/mol. The molecule has 1 aliphatic heterocycles. The number of carbonyl (C=O) groups excluding carboxylic acids is 4. The first-order valence-corrected chi connectivity index (χ1v) is 18.2. The van der Waals surface area contributed by atoms with Gasteiger partial charge in [0.1, 0.15) is 6.04 Å². The molecule has 50 heavy (non-hydrogen) atoms. The molecule has 0 aliphatic carbocycles. The van der Waals surface area contributed by atoms with E-state index < -0.39 is 42.4 Å². The van der Waals surface area contributed by atoms with Crippen LogP contribution in [0.5, 0.6) is 0 Å². The Labute approximate surface area is 300 Å². The highest BCUT2D eigenvalue weighted by Crippen LogP contribution is 2.29. The van der Waals surface area contributed by atoms with E-state index in [-0.39, 0.29) is 60.4 Å². The van der Waals surface area contributed by atoms with E-state index in [0.29, 0.717) is 18.5 Å². The molecule has 284 valence electrons. The third-order valence-corrected chi connectivity index (χ3v) is 10.4. The quantitative estimate of drug-likeness (QED) is 0.162. The molecule has 1 saturated heterocycles. The lowest BCUT2D eigenvalue weighted by molar-refractivity contribution is -0.147. The van der Waals surface area contributed by atoms with Crippen LogP contribution in [0.2, 0.25) is 0 Å². The van der Waals surface area contributed by atoms with Crippen molar-refractivity contribution in [2.75, 3.05) is 41.4 Å². The predicted octanol–water partition coefficient (Wildman–Crippen LogP) is 3.14. The zero-order valence-electron chi connectivity index (χ0n) is 32.3. The minimum absolute atomic E-state index is 0.0120. The van der Waals surface area contributed by atoms with Crippen LogP contribution < -0.4 is 16.0 Å². The fourth-order valence-electron chi connectivity index (χ4n) is 7.20. The second-order valence-electron chi connectivity index (χ2n) is 14.5. The van der Waals surface area contributed by atoms with Crippen molar-refractivity contribution in [3.8, 4) is 0 Å². The van der Waals surface area contributed by atoms with E-state index in [1.807, 2.05) is 59.7 Å². The van der Waals surface area contributed by atoms with Gasteiger partial charge in [-0.05, 0) is 43.2 Å². The maximum Gasteiger partial charge on any atom is 0.245 e. The molecular formula is C38H65N5O7. The highest BCUT2D eigenvalue weighted by atomic mass is 16.5. The van der Waals surface area contributed by atoms with Crippen LogP contribution in [0, 0.1) is 23.7 Å². The van der Waals surface area contributed by atoms with Gasteiger partial charge in [0, 0.05) is 34.4 Å². The minimum atomic E-state index is -0.843. The molecule has 0 unspecified atom stereocenters. The Balaban J connectivity index is 2.21. The number of nitrogens with one attached hydrogen (secondary N) is 3. The summed E-state index contributed by atoms with van der Waals surface area (Å²) in [6.07, 6.45) is 0.208. The van der Waals surface area contributed by atoms with Gasteiger partial charge < -0.3 is 40.3 Å². The Bertz CT molecular complexity index is 1220. The second kappa shape index (κ2) is 20.7. The number of carbonyl (C=O) groups is 4. The Hall–Kier alpha value is -3.06. The standard InChI is InChI=1S/C38H65N5O7/c1-12-25(6)34(42(9)38(48)33(24(4)5)41-37(47)32(39-8)23(2)3)30(49-10)21-31(45)43-20-16-19-28(43)35(50-11)26(7)36(46)40-22-29(44)27-17-14-13-15-18-27/h13-15,17-18,23-26,28-30,32-35,39,44H,12,16,19-22H2,1-11H3,(H,40,46)(H,41,47)/t25-,26+,28-,29+,30+,32-,33-,34-,35+/m0/s1. The van der Waals surface area contributed by atoms with Crippen LogP contribution >= 0.6 is 0 Å². The van der Waals surface area contributed by atoms with Gasteiger partial charge in [-0.15, -0.1) is 0 Å². The highest BCUT2D eigenvalue weighted by Gasteiger charge is 2.43. The molecule has 4 N–H and O–H groups in total. The first kappa shape index (κ1) is 43.1. The third-order valence-electron chi connectivity index (χ3n) is 10.4. The van der Waals surface area contributed by atoms with E-state index in [1.54, 1.807) is 57.2 Å². The number of benzene rings is 1. The average molecular weight is 704 g/mol. The first-order valence-electron chi connectivity index (χ1n) is 18.2. The maximum atomic E-state index is 14.1. The molecule has 12 heteroatoms. The minimum Gasteiger partial charge on any atom is -0.387 e. The molecule has 2 rings (SSSR count). The van der Waals surface area contributed by atoms with Crippen molar-refractivity contribution in [2.24, 2.45) is 23.7 Å². The molecule has 0 radical (unpaired) electrons. The number of nitrogens with zero attached hydrogens (tertiary/aromatic N) is 2. The number of rotatable bonds is 20. The summed E-state index contributed by atoms with van der Waals surface area (Å²) in [6, 6.07) is 7.18. The Morgan fingerprint density at radius 3 is 2.10 bits per heavy atom. The highest BCUT2D eigenvalue weighted by molar-refractivity contribution is 5.90. The lowest BCUT2D eigenvalue weighted by Crippen LogP contribution is -2.59. The van der Waals surface area contributed by atoms with Crippen molar-refractivity contribution in [2.45, 2.75) is 117 Å². The Morgan fingerprint density at radius 2 is 1.58 bits per heavy atom. The molecule has 0 bridgehead atoms. The van der Waals surface area contributed by atoms with Crippen molar-refractivity contribution in [1.82, 2.24) is 25.8 Å². The van der Waals surface area contributed by atoms with Crippen LogP contribution in [0.4, 0.5) is 0 Å². The topological polar surface area (TPSA) is 150 Å². The van der Waals surface area contributed by atoms with E-state index in [1.165, 1.54) is 0 Å². The van der Waals surface area contributed by atoms with Gasteiger partial charge in [-0.1, -0.05) is 85.2 Å². The molecule has 0 aromatic heterocycles. The zero-order valence-corrected chi connectivity index (χ0v) is 32.3. The molecule has 1 fully saturated rings. The van der Waals surface area contributed by atoms with Crippen molar-refractivity contribution < 1.29 is 33.8 Å². The fourth-order valence-corrected chi connectivity index (χ4v) is 7.20. The summed E-state index contributed by atoms with van der Waals surface area (Å²) in [6.45, 7) is 14.2. The summed E-state index contributed by atoms with van der Waals surface area (Å²) in [4.78, 5) is 58.0. The van der Waals surface area contributed by atoms with Crippen LogP contribution in [-0.4, -0.2) is 116 Å². The number of amides is 4. The van der Waals surface area contributed by atoms with Gasteiger partial charge in [0.25, 0.3) is 0 Å². The summed E-state index contributed by atoms with van der Waals surface area (Å²) >= 11 is 0. The SMILES string of the molecule is CC[C@H](C)[C@@H]([C@@H](CC(=O)N1CCC[C@H]1[C@H](OC)[C@@H](C)C(=O)NC[C@@H](O)c1ccccc1)OC)N(C)C(=O)[C@@H](NC(=O)[C@@H](NC)C(C)C)C(C)C. The largest absolute Gasteiger partial charge is 0.387 e. The number of aliphatic hydroxyl groups is 1. The van der Waals surface area contributed by atoms with E-state index in [9.17, 15) is 24.3 Å². The summed E-state index contributed by atoms with van der Waals surface area (Å²) in [5, 5.41) is 19.4. The number of hydrogen-bond acceptors (Lipinski definition) is 8. The van der Waals surface area contributed by atoms with Crippen molar-refractivity contribution >= 4 is 23.6 Å². The lowest BCUT2D eigenvalue weighted by atomic mass is 9.89. The molecule has 1 aromatic rings. The van der Waals surface area contributed by atoms with Crippen molar-refractivity contribution in [3.63, 3.8) is 0 Å². The van der Waals surface area contributed by atoms with Gasteiger partial charge >= 0.3 is 0 Å². The van der Waals surface area contributed by atoms with Crippen LogP contribution in [0.3, 0.4) is 0 Å².